The lowest BCUT2D eigenvalue weighted by atomic mass is 9.91. The summed E-state index contributed by atoms with van der Waals surface area (Å²) in [5, 5.41) is 10.3. The Labute approximate surface area is 104 Å². The van der Waals surface area contributed by atoms with Crippen molar-refractivity contribution in [2.45, 2.75) is 25.9 Å². The zero-order valence-corrected chi connectivity index (χ0v) is 11.0. The Morgan fingerprint density at radius 2 is 1.94 bits per heavy atom. The van der Waals surface area contributed by atoms with E-state index in [1.165, 1.54) is 0 Å². The number of hydrogen-bond acceptors (Lipinski definition) is 3. The maximum absolute atomic E-state index is 11.7. The van der Waals surface area contributed by atoms with Crippen LogP contribution in [-0.4, -0.2) is 17.7 Å². The van der Waals surface area contributed by atoms with E-state index in [1.807, 2.05) is 0 Å². The first-order valence-electron chi connectivity index (χ1n) is 5.20. The van der Waals surface area contributed by atoms with E-state index in [9.17, 15) is 9.90 Å². The SMILES string of the molecule is CCOC(=O)[C@@](O)(CC)c1ccc(Br)cc1. The molecule has 0 aromatic heterocycles. The Kier molecular flexibility index (Phi) is 4.50. The molecule has 1 aromatic rings. The molecular formula is C12H15BrO3. The van der Waals surface area contributed by atoms with Gasteiger partial charge in [-0.3, -0.25) is 0 Å². The molecule has 0 bridgehead atoms. The van der Waals surface area contributed by atoms with Gasteiger partial charge in [-0.2, -0.15) is 0 Å². The summed E-state index contributed by atoms with van der Waals surface area (Å²) in [5.41, 5.74) is -0.992. The number of halogens is 1. The molecule has 3 nitrogen and oxygen atoms in total. The third-order valence-corrected chi connectivity index (χ3v) is 2.98. The molecule has 1 N–H and O–H groups in total. The van der Waals surface area contributed by atoms with Crippen molar-refractivity contribution in [1.29, 1.82) is 0 Å². The second kappa shape index (κ2) is 5.46. The van der Waals surface area contributed by atoms with E-state index in [0.717, 1.165) is 4.47 Å². The standard InChI is InChI=1S/C12H15BrO3/c1-3-12(15,11(14)16-4-2)9-5-7-10(13)8-6-9/h5-8,15H,3-4H2,1-2H3/t12-/m1/s1. The summed E-state index contributed by atoms with van der Waals surface area (Å²) in [4.78, 5) is 11.7. The van der Waals surface area contributed by atoms with Crippen LogP contribution in [0, 0.1) is 0 Å². The van der Waals surface area contributed by atoms with Crippen molar-refractivity contribution in [2.75, 3.05) is 6.61 Å². The lowest BCUT2D eigenvalue weighted by molar-refractivity contribution is -0.166. The highest BCUT2D eigenvalue weighted by atomic mass is 79.9. The maximum Gasteiger partial charge on any atom is 0.342 e. The second-order valence-electron chi connectivity index (χ2n) is 3.44. The Bertz CT molecular complexity index is 361. The van der Waals surface area contributed by atoms with Crippen molar-refractivity contribution in [3.63, 3.8) is 0 Å². The first kappa shape index (κ1) is 13.2. The van der Waals surface area contributed by atoms with Crippen LogP contribution in [0.5, 0.6) is 0 Å². The van der Waals surface area contributed by atoms with Crippen LogP contribution in [0.1, 0.15) is 25.8 Å². The minimum Gasteiger partial charge on any atom is -0.464 e. The molecule has 0 aliphatic carbocycles. The highest BCUT2D eigenvalue weighted by molar-refractivity contribution is 9.10. The van der Waals surface area contributed by atoms with E-state index in [1.54, 1.807) is 38.1 Å². The maximum atomic E-state index is 11.7. The van der Waals surface area contributed by atoms with Crippen LogP contribution < -0.4 is 0 Å². The molecule has 4 heteroatoms. The summed E-state index contributed by atoms with van der Waals surface area (Å²) in [6, 6.07) is 7.00. The van der Waals surface area contributed by atoms with E-state index >= 15 is 0 Å². The van der Waals surface area contributed by atoms with E-state index in [0.29, 0.717) is 5.56 Å². The topological polar surface area (TPSA) is 46.5 Å². The predicted octanol–water partition coefficient (Wildman–Crippen LogP) is 2.61. The van der Waals surface area contributed by atoms with Gasteiger partial charge in [0, 0.05) is 4.47 Å². The fourth-order valence-corrected chi connectivity index (χ4v) is 1.71. The number of carbonyl (C=O) groups excluding carboxylic acids is 1. The van der Waals surface area contributed by atoms with E-state index in [4.69, 9.17) is 4.74 Å². The lowest BCUT2D eigenvalue weighted by Crippen LogP contribution is -2.36. The fourth-order valence-electron chi connectivity index (χ4n) is 1.44. The van der Waals surface area contributed by atoms with Gasteiger partial charge in [0.15, 0.2) is 5.60 Å². The average Bonchev–Trinajstić information content (AvgIpc) is 2.29. The quantitative estimate of drug-likeness (QED) is 0.866. The number of carbonyl (C=O) groups is 1. The Morgan fingerprint density at radius 3 is 2.38 bits per heavy atom. The van der Waals surface area contributed by atoms with Gasteiger partial charge in [0.25, 0.3) is 0 Å². The molecule has 16 heavy (non-hydrogen) atoms. The Balaban J connectivity index is 3.04. The smallest absolute Gasteiger partial charge is 0.342 e. The van der Waals surface area contributed by atoms with Crippen LogP contribution in [0.2, 0.25) is 0 Å². The molecular weight excluding hydrogens is 272 g/mol. The van der Waals surface area contributed by atoms with Crippen LogP contribution in [0.15, 0.2) is 28.7 Å². The molecule has 1 aromatic carbocycles. The summed E-state index contributed by atoms with van der Waals surface area (Å²) in [6.07, 6.45) is 0.285. The molecule has 0 saturated carbocycles. The first-order chi connectivity index (χ1) is 7.54. The monoisotopic (exact) mass is 286 g/mol. The zero-order chi connectivity index (χ0) is 12.2. The number of ether oxygens (including phenoxy) is 1. The molecule has 0 aliphatic rings. The van der Waals surface area contributed by atoms with Crippen molar-refractivity contribution >= 4 is 21.9 Å². The van der Waals surface area contributed by atoms with Gasteiger partial charge in [0.05, 0.1) is 6.61 Å². The lowest BCUT2D eigenvalue weighted by Gasteiger charge is -2.24. The van der Waals surface area contributed by atoms with Crippen LogP contribution in [0.3, 0.4) is 0 Å². The Hall–Kier alpha value is -0.870. The van der Waals surface area contributed by atoms with Gasteiger partial charge in [-0.1, -0.05) is 35.0 Å². The number of aliphatic hydroxyl groups is 1. The van der Waals surface area contributed by atoms with Gasteiger partial charge in [-0.25, -0.2) is 4.79 Å². The fraction of sp³-hybridized carbons (Fsp3) is 0.417. The molecule has 0 spiro atoms. The molecule has 88 valence electrons. The van der Waals surface area contributed by atoms with Gasteiger partial charge < -0.3 is 9.84 Å². The van der Waals surface area contributed by atoms with Crippen molar-refractivity contribution < 1.29 is 14.6 Å². The van der Waals surface area contributed by atoms with Crippen molar-refractivity contribution in [3.8, 4) is 0 Å². The molecule has 0 radical (unpaired) electrons. The minimum absolute atomic E-state index is 0.262. The number of rotatable bonds is 4. The Morgan fingerprint density at radius 1 is 1.38 bits per heavy atom. The molecule has 0 aliphatic heterocycles. The van der Waals surface area contributed by atoms with Gasteiger partial charge in [-0.05, 0) is 31.0 Å². The number of hydrogen-bond donors (Lipinski definition) is 1. The van der Waals surface area contributed by atoms with Gasteiger partial charge in [0.1, 0.15) is 0 Å². The third kappa shape index (κ3) is 2.62. The summed E-state index contributed by atoms with van der Waals surface area (Å²) < 4.78 is 5.78. The molecule has 0 amide bonds. The van der Waals surface area contributed by atoms with E-state index in [2.05, 4.69) is 15.9 Å². The second-order valence-corrected chi connectivity index (χ2v) is 4.36. The number of esters is 1. The van der Waals surface area contributed by atoms with Gasteiger partial charge in [-0.15, -0.1) is 0 Å². The van der Waals surface area contributed by atoms with Gasteiger partial charge in [0.2, 0.25) is 0 Å². The van der Waals surface area contributed by atoms with Gasteiger partial charge >= 0.3 is 5.97 Å². The summed E-state index contributed by atoms with van der Waals surface area (Å²) in [7, 11) is 0. The minimum atomic E-state index is -1.54. The van der Waals surface area contributed by atoms with Crippen LogP contribution in [-0.2, 0) is 15.1 Å². The van der Waals surface area contributed by atoms with E-state index < -0.39 is 11.6 Å². The van der Waals surface area contributed by atoms with Crippen LogP contribution in [0.4, 0.5) is 0 Å². The molecule has 0 saturated heterocycles. The normalized spacial score (nSPS) is 14.2. The third-order valence-electron chi connectivity index (χ3n) is 2.45. The largest absolute Gasteiger partial charge is 0.464 e. The summed E-state index contributed by atoms with van der Waals surface area (Å²) >= 11 is 3.30. The highest BCUT2D eigenvalue weighted by Gasteiger charge is 2.37. The molecule has 0 unspecified atom stereocenters. The molecule has 0 heterocycles. The first-order valence-corrected chi connectivity index (χ1v) is 5.99. The average molecular weight is 287 g/mol. The van der Waals surface area contributed by atoms with Crippen LogP contribution >= 0.6 is 15.9 Å². The van der Waals surface area contributed by atoms with Crippen molar-refractivity contribution in [3.05, 3.63) is 34.3 Å². The highest BCUT2D eigenvalue weighted by Crippen LogP contribution is 2.27. The predicted molar refractivity (Wildman–Crippen MR) is 65.0 cm³/mol. The zero-order valence-electron chi connectivity index (χ0n) is 9.37. The molecule has 1 atom stereocenters. The van der Waals surface area contributed by atoms with E-state index in [-0.39, 0.29) is 13.0 Å². The molecule has 0 fully saturated rings. The van der Waals surface area contributed by atoms with Crippen LogP contribution in [0.25, 0.3) is 0 Å². The number of benzene rings is 1. The van der Waals surface area contributed by atoms with Crippen molar-refractivity contribution in [1.82, 2.24) is 0 Å². The van der Waals surface area contributed by atoms with Crippen molar-refractivity contribution in [2.24, 2.45) is 0 Å². The molecule has 1 rings (SSSR count). The summed E-state index contributed by atoms with van der Waals surface area (Å²) in [6.45, 7) is 3.73. The summed E-state index contributed by atoms with van der Waals surface area (Å²) in [5.74, 6) is -0.597.